The minimum atomic E-state index is -0.770. The number of rotatable bonds is 9. The molecule has 0 radical (unpaired) electrons. The van der Waals surface area contributed by atoms with Crippen LogP contribution in [0.2, 0.25) is 0 Å². The largest absolute Gasteiger partial charge is 0.392 e. The Kier molecular flexibility index (Phi) is 7.09. The zero-order valence-electron chi connectivity index (χ0n) is 11.1. The molecule has 1 heterocycles. The van der Waals surface area contributed by atoms with Crippen LogP contribution in [-0.4, -0.2) is 51.5 Å². The van der Waals surface area contributed by atoms with Gasteiger partial charge in [-0.2, -0.15) is 0 Å². The van der Waals surface area contributed by atoms with E-state index in [-0.39, 0.29) is 12.3 Å². The molecule has 0 aliphatic carbocycles. The third-order valence-corrected chi connectivity index (χ3v) is 2.57. The van der Waals surface area contributed by atoms with Gasteiger partial charge in [0.25, 0.3) is 0 Å². The fourth-order valence-electron chi connectivity index (χ4n) is 1.52. The molecule has 0 saturated carbocycles. The molecule has 19 heavy (non-hydrogen) atoms. The van der Waals surface area contributed by atoms with Crippen molar-refractivity contribution in [1.82, 2.24) is 20.6 Å². The van der Waals surface area contributed by atoms with Crippen LogP contribution >= 0.6 is 0 Å². The van der Waals surface area contributed by atoms with E-state index in [9.17, 15) is 9.90 Å². The maximum Gasteiger partial charge on any atom is 0.220 e. The summed E-state index contributed by atoms with van der Waals surface area (Å²) in [6.45, 7) is 2.47. The Morgan fingerprint density at radius 2 is 2.32 bits per heavy atom. The van der Waals surface area contributed by atoms with Crippen LogP contribution in [0, 0.1) is 0 Å². The van der Waals surface area contributed by atoms with Crippen LogP contribution < -0.4 is 10.6 Å². The molecule has 2 atom stereocenters. The van der Waals surface area contributed by atoms with E-state index in [1.54, 1.807) is 19.4 Å². The van der Waals surface area contributed by atoms with E-state index < -0.39 is 12.3 Å². The van der Waals surface area contributed by atoms with Crippen LogP contribution in [0.1, 0.15) is 25.5 Å². The van der Waals surface area contributed by atoms with E-state index in [2.05, 4.69) is 20.6 Å². The number of nitrogens with one attached hydrogen (secondary N) is 3. The summed E-state index contributed by atoms with van der Waals surface area (Å²) >= 11 is 0. The van der Waals surface area contributed by atoms with Gasteiger partial charge in [0.05, 0.1) is 12.4 Å². The maximum absolute atomic E-state index is 11.5. The first kappa shape index (κ1) is 15.6. The molecule has 0 aliphatic heterocycles. The monoisotopic (exact) mass is 270 g/mol. The van der Waals surface area contributed by atoms with Crippen LogP contribution in [0.15, 0.2) is 12.5 Å². The van der Waals surface area contributed by atoms with Crippen molar-refractivity contribution in [2.75, 3.05) is 13.1 Å². The first-order valence-corrected chi connectivity index (χ1v) is 6.41. The molecule has 1 rings (SSSR count). The van der Waals surface area contributed by atoms with Crippen LogP contribution in [0.25, 0.3) is 0 Å². The third-order valence-electron chi connectivity index (χ3n) is 2.57. The van der Waals surface area contributed by atoms with Gasteiger partial charge >= 0.3 is 0 Å². The summed E-state index contributed by atoms with van der Waals surface area (Å²) in [4.78, 5) is 18.3. The lowest BCUT2D eigenvalue weighted by molar-refractivity contribution is -0.121. The van der Waals surface area contributed by atoms with Crippen LogP contribution in [-0.2, 0) is 11.2 Å². The standard InChI is InChI=1S/C12H22N4O3/c1-9(17)6-15-12(19)3-2-11(18)14-5-4-10-7-13-8-16-10/h7-9,12,15,17,19H,2-6H2,1H3,(H,13,16)(H,14,18). The Morgan fingerprint density at radius 1 is 1.53 bits per heavy atom. The highest BCUT2D eigenvalue weighted by atomic mass is 16.3. The maximum atomic E-state index is 11.5. The summed E-state index contributed by atoms with van der Waals surface area (Å²) in [6, 6.07) is 0. The van der Waals surface area contributed by atoms with Gasteiger partial charge in [-0.1, -0.05) is 0 Å². The lowest BCUT2D eigenvalue weighted by atomic mass is 10.2. The van der Waals surface area contributed by atoms with Crippen molar-refractivity contribution in [3.8, 4) is 0 Å². The molecule has 108 valence electrons. The fraction of sp³-hybridized carbons (Fsp3) is 0.667. The number of aliphatic hydroxyl groups excluding tert-OH is 2. The number of hydrogen-bond acceptors (Lipinski definition) is 5. The predicted molar refractivity (Wildman–Crippen MR) is 70.2 cm³/mol. The molecule has 0 saturated heterocycles. The fourth-order valence-corrected chi connectivity index (χ4v) is 1.52. The molecule has 0 spiro atoms. The van der Waals surface area contributed by atoms with E-state index in [1.807, 2.05) is 0 Å². The predicted octanol–water partition coefficient (Wildman–Crippen LogP) is -0.863. The molecule has 0 bridgehead atoms. The molecule has 1 aromatic rings. The van der Waals surface area contributed by atoms with Gasteiger partial charge < -0.3 is 20.5 Å². The highest BCUT2D eigenvalue weighted by molar-refractivity contribution is 5.75. The number of hydrogen-bond donors (Lipinski definition) is 5. The summed E-state index contributed by atoms with van der Waals surface area (Å²) in [5, 5.41) is 24.0. The number of aromatic nitrogens is 2. The van der Waals surface area contributed by atoms with Gasteiger partial charge in [-0.15, -0.1) is 0 Å². The van der Waals surface area contributed by atoms with Gasteiger partial charge in [0.2, 0.25) is 5.91 Å². The highest BCUT2D eigenvalue weighted by Crippen LogP contribution is 1.95. The summed E-state index contributed by atoms with van der Waals surface area (Å²) in [5.74, 6) is -0.0996. The number of H-pyrrole nitrogens is 1. The number of aliphatic hydroxyl groups is 2. The second-order valence-electron chi connectivity index (χ2n) is 4.49. The topological polar surface area (TPSA) is 110 Å². The molecule has 0 aliphatic rings. The minimum absolute atomic E-state index is 0.0996. The van der Waals surface area contributed by atoms with E-state index >= 15 is 0 Å². The summed E-state index contributed by atoms with van der Waals surface area (Å²) in [6.07, 6.45) is 3.30. The van der Waals surface area contributed by atoms with E-state index in [1.165, 1.54) is 0 Å². The molecule has 2 unspecified atom stereocenters. The lowest BCUT2D eigenvalue weighted by Crippen LogP contribution is -2.35. The van der Waals surface area contributed by atoms with Crippen LogP contribution in [0.5, 0.6) is 0 Å². The SMILES string of the molecule is CC(O)CNC(O)CCC(=O)NCCc1cnc[nH]1. The summed E-state index contributed by atoms with van der Waals surface area (Å²) in [5.41, 5.74) is 0.971. The van der Waals surface area contributed by atoms with Crippen molar-refractivity contribution < 1.29 is 15.0 Å². The van der Waals surface area contributed by atoms with Gasteiger partial charge in [0.1, 0.15) is 6.23 Å². The van der Waals surface area contributed by atoms with Gasteiger partial charge in [-0.25, -0.2) is 4.98 Å². The van der Waals surface area contributed by atoms with Gasteiger partial charge in [-0.3, -0.25) is 10.1 Å². The molecule has 0 fully saturated rings. The van der Waals surface area contributed by atoms with Gasteiger partial charge in [0.15, 0.2) is 0 Å². The van der Waals surface area contributed by atoms with E-state index in [0.717, 1.165) is 5.69 Å². The molecular weight excluding hydrogens is 248 g/mol. The Labute approximate surface area is 112 Å². The summed E-state index contributed by atoms with van der Waals surface area (Å²) in [7, 11) is 0. The van der Waals surface area contributed by atoms with E-state index in [4.69, 9.17) is 5.11 Å². The average Bonchev–Trinajstić information content (AvgIpc) is 2.87. The number of nitrogens with zero attached hydrogens (tertiary/aromatic N) is 1. The summed E-state index contributed by atoms with van der Waals surface area (Å²) < 4.78 is 0. The van der Waals surface area contributed by atoms with Crippen molar-refractivity contribution in [1.29, 1.82) is 0 Å². The van der Waals surface area contributed by atoms with E-state index in [0.29, 0.717) is 25.9 Å². The first-order chi connectivity index (χ1) is 9.08. The second-order valence-corrected chi connectivity index (χ2v) is 4.49. The Morgan fingerprint density at radius 3 is 2.95 bits per heavy atom. The van der Waals surface area contributed by atoms with Crippen molar-refractivity contribution in [2.24, 2.45) is 0 Å². The third kappa shape index (κ3) is 7.55. The number of carbonyl (C=O) groups is 1. The Bertz CT molecular complexity index is 354. The molecule has 5 N–H and O–H groups in total. The normalized spacial score (nSPS) is 14.1. The Hall–Kier alpha value is -1.44. The number of carbonyl (C=O) groups excluding carboxylic acids is 1. The number of aromatic amines is 1. The molecule has 0 aromatic carbocycles. The van der Waals surface area contributed by atoms with Crippen molar-refractivity contribution in [3.05, 3.63) is 18.2 Å². The molecule has 7 nitrogen and oxygen atoms in total. The quantitative estimate of drug-likeness (QED) is 0.375. The lowest BCUT2D eigenvalue weighted by Gasteiger charge is -2.13. The number of imidazole rings is 1. The van der Waals surface area contributed by atoms with Crippen molar-refractivity contribution in [3.63, 3.8) is 0 Å². The first-order valence-electron chi connectivity index (χ1n) is 6.41. The van der Waals surface area contributed by atoms with Crippen LogP contribution in [0.3, 0.4) is 0 Å². The zero-order chi connectivity index (χ0) is 14.1. The average molecular weight is 270 g/mol. The van der Waals surface area contributed by atoms with Gasteiger partial charge in [-0.05, 0) is 13.3 Å². The minimum Gasteiger partial charge on any atom is -0.392 e. The van der Waals surface area contributed by atoms with Crippen molar-refractivity contribution in [2.45, 2.75) is 38.5 Å². The molecular formula is C12H22N4O3. The Balaban J connectivity index is 2.04. The molecule has 7 heteroatoms. The van der Waals surface area contributed by atoms with Gasteiger partial charge in [0, 0.05) is 37.8 Å². The van der Waals surface area contributed by atoms with Crippen LogP contribution in [0.4, 0.5) is 0 Å². The second kappa shape index (κ2) is 8.63. The highest BCUT2D eigenvalue weighted by Gasteiger charge is 2.08. The zero-order valence-corrected chi connectivity index (χ0v) is 11.1. The smallest absolute Gasteiger partial charge is 0.220 e. The molecule has 1 aromatic heterocycles. The van der Waals surface area contributed by atoms with Crippen molar-refractivity contribution >= 4 is 5.91 Å². The number of amides is 1. The molecule has 1 amide bonds.